The number of carbonyl (C=O) groups is 1. The molecule has 0 fully saturated rings. The van der Waals surface area contributed by atoms with E-state index in [1.807, 2.05) is 36.4 Å². The summed E-state index contributed by atoms with van der Waals surface area (Å²) >= 11 is 6.18. The second-order valence-electron chi connectivity index (χ2n) is 3.40. The lowest BCUT2D eigenvalue weighted by Gasteiger charge is -2.05. The van der Waals surface area contributed by atoms with Crippen LogP contribution in [0.2, 0.25) is 5.02 Å². The summed E-state index contributed by atoms with van der Waals surface area (Å²) in [4.78, 5) is 10.8. The van der Waals surface area contributed by atoms with Crippen molar-refractivity contribution in [3.8, 4) is 0 Å². The number of rotatable bonds is 2. The third-order valence-electron chi connectivity index (χ3n) is 2.31. The molecule has 0 heterocycles. The first-order chi connectivity index (χ1) is 7.18. The summed E-state index contributed by atoms with van der Waals surface area (Å²) in [7, 11) is 0. The highest BCUT2D eigenvalue weighted by molar-refractivity contribution is 6.36. The molecule has 0 atom stereocenters. The zero-order valence-electron chi connectivity index (χ0n) is 8.03. The Kier molecular flexibility index (Phi) is 2.60. The smallest absolute Gasteiger partial charge is 0.221 e. The molecule has 76 valence electrons. The zero-order valence-corrected chi connectivity index (χ0v) is 8.79. The van der Waals surface area contributed by atoms with Gasteiger partial charge in [0.25, 0.3) is 0 Å². The molecule has 2 aromatic rings. The van der Waals surface area contributed by atoms with Gasteiger partial charge in [-0.15, -0.1) is 0 Å². The van der Waals surface area contributed by atoms with Gasteiger partial charge in [0.1, 0.15) is 0 Å². The van der Waals surface area contributed by atoms with Crippen LogP contribution < -0.4 is 5.73 Å². The summed E-state index contributed by atoms with van der Waals surface area (Å²) in [5.41, 5.74) is 5.92. The number of amides is 1. The van der Waals surface area contributed by atoms with Crippen LogP contribution >= 0.6 is 11.6 Å². The minimum Gasteiger partial charge on any atom is -0.369 e. The number of halogens is 1. The Morgan fingerprint density at radius 2 is 1.93 bits per heavy atom. The number of fused-ring (bicyclic) bond motifs is 1. The molecule has 0 saturated heterocycles. The number of nitrogens with two attached hydrogens (primary N) is 1. The van der Waals surface area contributed by atoms with Gasteiger partial charge in [0.15, 0.2) is 0 Å². The van der Waals surface area contributed by atoms with Crippen LogP contribution in [-0.2, 0) is 11.2 Å². The van der Waals surface area contributed by atoms with Crippen molar-refractivity contribution in [2.45, 2.75) is 6.42 Å². The van der Waals surface area contributed by atoms with E-state index in [2.05, 4.69) is 0 Å². The van der Waals surface area contributed by atoms with E-state index in [0.717, 1.165) is 16.3 Å². The topological polar surface area (TPSA) is 43.1 Å². The van der Waals surface area contributed by atoms with Gasteiger partial charge in [0.2, 0.25) is 5.91 Å². The number of benzene rings is 2. The van der Waals surface area contributed by atoms with Gasteiger partial charge >= 0.3 is 0 Å². The average molecular weight is 220 g/mol. The Bertz CT molecular complexity index is 522. The van der Waals surface area contributed by atoms with Gasteiger partial charge in [-0.05, 0) is 10.9 Å². The first-order valence-corrected chi connectivity index (χ1v) is 5.00. The fourth-order valence-electron chi connectivity index (χ4n) is 1.60. The highest BCUT2D eigenvalue weighted by Gasteiger charge is 2.06. The minimum atomic E-state index is -0.368. The van der Waals surface area contributed by atoms with Crippen LogP contribution in [0, 0.1) is 0 Å². The van der Waals surface area contributed by atoms with Crippen LogP contribution in [0.4, 0.5) is 0 Å². The van der Waals surface area contributed by atoms with E-state index in [1.165, 1.54) is 0 Å². The molecule has 0 saturated carbocycles. The lowest BCUT2D eigenvalue weighted by Crippen LogP contribution is -2.13. The van der Waals surface area contributed by atoms with Gasteiger partial charge < -0.3 is 5.73 Å². The maximum absolute atomic E-state index is 10.8. The van der Waals surface area contributed by atoms with Crippen LogP contribution in [0.5, 0.6) is 0 Å². The molecule has 0 aliphatic heterocycles. The lowest BCUT2D eigenvalue weighted by atomic mass is 10.0. The summed E-state index contributed by atoms with van der Waals surface area (Å²) in [6.07, 6.45) is 0.184. The highest BCUT2D eigenvalue weighted by Crippen LogP contribution is 2.27. The first kappa shape index (κ1) is 9.99. The zero-order chi connectivity index (χ0) is 10.8. The van der Waals surface area contributed by atoms with Crippen molar-refractivity contribution >= 4 is 28.3 Å². The summed E-state index contributed by atoms with van der Waals surface area (Å²) in [6.45, 7) is 0. The fraction of sp³-hybridized carbons (Fsp3) is 0.0833. The third-order valence-corrected chi connectivity index (χ3v) is 2.75. The van der Waals surface area contributed by atoms with E-state index in [9.17, 15) is 4.79 Å². The molecule has 2 N–H and O–H groups in total. The summed E-state index contributed by atoms with van der Waals surface area (Å²) in [6, 6.07) is 11.6. The first-order valence-electron chi connectivity index (χ1n) is 4.63. The van der Waals surface area contributed by atoms with Crippen molar-refractivity contribution < 1.29 is 4.79 Å². The molecule has 0 bridgehead atoms. The molecule has 0 spiro atoms. The van der Waals surface area contributed by atoms with E-state index in [-0.39, 0.29) is 12.3 Å². The van der Waals surface area contributed by atoms with E-state index >= 15 is 0 Å². The summed E-state index contributed by atoms with van der Waals surface area (Å²) in [5, 5.41) is 2.64. The molecule has 1 amide bonds. The average Bonchev–Trinajstić information content (AvgIpc) is 2.22. The van der Waals surface area contributed by atoms with Crippen LogP contribution in [0.25, 0.3) is 10.8 Å². The molecular formula is C12H10ClNO. The molecule has 0 aromatic heterocycles. The Morgan fingerprint density at radius 3 is 2.67 bits per heavy atom. The molecule has 0 aliphatic carbocycles. The summed E-state index contributed by atoms with van der Waals surface area (Å²) in [5.74, 6) is -0.368. The lowest BCUT2D eigenvalue weighted by molar-refractivity contribution is -0.117. The molecule has 3 heteroatoms. The van der Waals surface area contributed by atoms with Crippen molar-refractivity contribution in [3.05, 3.63) is 47.0 Å². The maximum atomic E-state index is 10.8. The molecular weight excluding hydrogens is 210 g/mol. The van der Waals surface area contributed by atoms with Crippen LogP contribution in [-0.4, -0.2) is 5.91 Å². The number of primary amides is 1. The number of hydrogen-bond donors (Lipinski definition) is 1. The van der Waals surface area contributed by atoms with Crippen LogP contribution in [0.15, 0.2) is 36.4 Å². The van der Waals surface area contributed by atoms with Crippen LogP contribution in [0.1, 0.15) is 5.56 Å². The van der Waals surface area contributed by atoms with Crippen molar-refractivity contribution in [2.75, 3.05) is 0 Å². The van der Waals surface area contributed by atoms with Crippen molar-refractivity contribution in [1.82, 2.24) is 0 Å². The monoisotopic (exact) mass is 219 g/mol. The van der Waals surface area contributed by atoms with E-state index in [0.29, 0.717) is 5.02 Å². The second-order valence-corrected chi connectivity index (χ2v) is 3.78. The maximum Gasteiger partial charge on any atom is 0.221 e. The second kappa shape index (κ2) is 3.91. The fourth-order valence-corrected chi connectivity index (χ4v) is 1.90. The van der Waals surface area contributed by atoms with E-state index < -0.39 is 0 Å². The van der Waals surface area contributed by atoms with E-state index in [1.54, 1.807) is 0 Å². The van der Waals surface area contributed by atoms with Gasteiger partial charge in [-0.2, -0.15) is 0 Å². The molecule has 2 nitrogen and oxygen atoms in total. The van der Waals surface area contributed by atoms with Crippen LogP contribution in [0.3, 0.4) is 0 Å². The molecule has 0 unspecified atom stereocenters. The number of carbonyl (C=O) groups excluding carboxylic acids is 1. The van der Waals surface area contributed by atoms with Gasteiger partial charge in [-0.3, -0.25) is 4.79 Å². The molecule has 0 radical (unpaired) electrons. The van der Waals surface area contributed by atoms with Gasteiger partial charge in [-0.25, -0.2) is 0 Å². The predicted octanol–water partition coefficient (Wildman–Crippen LogP) is 2.52. The van der Waals surface area contributed by atoms with Crippen molar-refractivity contribution in [1.29, 1.82) is 0 Å². The van der Waals surface area contributed by atoms with E-state index in [4.69, 9.17) is 17.3 Å². The quantitative estimate of drug-likeness (QED) is 0.829. The van der Waals surface area contributed by atoms with Crippen molar-refractivity contribution in [2.24, 2.45) is 5.73 Å². The SMILES string of the molecule is NC(=O)Cc1ccc2ccccc2c1Cl. The molecule has 15 heavy (non-hydrogen) atoms. The standard InChI is InChI=1S/C12H10ClNO/c13-12-9(7-11(14)15)6-5-8-3-1-2-4-10(8)12/h1-6H,7H2,(H2,14,15). The van der Waals surface area contributed by atoms with Gasteiger partial charge in [0, 0.05) is 5.39 Å². The Morgan fingerprint density at radius 1 is 1.20 bits per heavy atom. The largest absolute Gasteiger partial charge is 0.369 e. The summed E-state index contributed by atoms with van der Waals surface area (Å²) < 4.78 is 0. The Hall–Kier alpha value is -1.54. The Labute approximate surface area is 92.6 Å². The minimum absolute atomic E-state index is 0.184. The van der Waals surface area contributed by atoms with Gasteiger partial charge in [0.05, 0.1) is 11.4 Å². The predicted molar refractivity (Wildman–Crippen MR) is 61.9 cm³/mol. The van der Waals surface area contributed by atoms with Gasteiger partial charge in [-0.1, -0.05) is 48.0 Å². The Balaban J connectivity index is 2.59. The third kappa shape index (κ3) is 1.95. The molecule has 2 aromatic carbocycles. The normalized spacial score (nSPS) is 10.5. The van der Waals surface area contributed by atoms with Crippen molar-refractivity contribution in [3.63, 3.8) is 0 Å². The molecule has 0 aliphatic rings. The molecule has 2 rings (SSSR count). The number of hydrogen-bond acceptors (Lipinski definition) is 1. The highest BCUT2D eigenvalue weighted by atomic mass is 35.5.